The van der Waals surface area contributed by atoms with Crippen LogP contribution in [0.15, 0.2) is 12.1 Å². The van der Waals surface area contributed by atoms with Gasteiger partial charge in [-0.2, -0.15) is 0 Å². The van der Waals surface area contributed by atoms with Gasteiger partial charge in [0.05, 0.1) is 0 Å². The summed E-state index contributed by atoms with van der Waals surface area (Å²) < 4.78 is 10.6. The molecule has 3 nitrogen and oxygen atoms in total. The second kappa shape index (κ2) is 2.92. The number of hydrogen-bond acceptors (Lipinski definition) is 3. The predicted molar refractivity (Wildman–Crippen MR) is 49.9 cm³/mol. The van der Waals surface area contributed by atoms with Crippen molar-refractivity contribution < 1.29 is 9.47 Å². The van der Waals surface area contributed by atoms with Gasteiger partial charge >= 0.3 is 0 Å². The van der Waals surface area contributed by atoms with Gasteiger partial charge in [0.15, 0.2) is 11.5 Å². The van der Waals surface area contributed by atoms with Gasteiger partial charge in [0.1, 0.15) is 0 Å². The Labute approximate surface area is 77.5 Å². The van der Waals surface area contributed by atoms with Gasteiger partial charge in [-0.05, 0) is 31.0 Å². The summed E-state index contributed by atoms with van der Waals surface area (Å²) in [7, 11) is 0. The summed E-state index contributed by atoms with van der Waals surface area (Å²) in [5.74, 6) is 1.66. The third-order valence-corrected chi connectivity index (χ3v) is 2.32. The van der Waals surface area contributed by atoms with Crippen molar-refractivity contribution in [1.29, 1.82) is 0 Å². The van der Waals surface area contributed by atoms with Crippen LogP contribution in [0.25, 0.3) is 0 Å². The molecule has 1 atom stereocenters. The first-order chi connectivity index (χ1) is 6.20. The molecule has 70 valence electrons. The monoisotopic (exact) mass is 179 g/mol. The third-order valence-electron chi connectivity index (χ3n) is 2.32. The van der Waals surface area contributed by atoms with E-state index in [1.165, 1.54) is 0 Å². The Morgan fingerprint density at radius 2 is 2.15 bits per heavy atom. The molecule has 2 N–H and O–H groups in total. The molecule has 0 aliphatic carbocycles. The molecular formula is C10H13NO2. The van der Waals surface area contributed by atoms with Crippen LogP contribution < -0.4 is 15.2 Å². The average molecular weight is 179 g/mol. The maximum Gasteiger partial charge on any atom is 0.231 e. The Bertz CT molecular complexity index is 334. The molecule has 0 saturated heterocycles. The quantitative estimate of drug-likeness (QED) is 0.714. The highest BCUT2D eigenvalue weighted by Gasteiger charge is 2.18. The maximum absolute atomic E-state index is 5.81. The van der Waals surface area contributed by atoms with Gasteiger partial charge in [-0.3, -0.25) is 0 Å². The fourth-order valence-corrected chi connectivity index (χ4v) is 1.62. The van der Waals surface area contributed by atoms with Gasteiger partial charge in [-0.1, -0.05) is 6.07 Å². The summed E-state index contributed by atoms with van der Waals surface area (Å²) >= 11 is 0. The smallest absolute Gasteiger partial charge is 0.231 e. The lowest BCUT2D eigenvalue weighted by atomic mass is 10.0. The Hall–Kier alpha value is -1.22. The topological polar surface area (TPSA) is 44.5 Å². The lowest BCUT2D eigenvalue weighted by Crippen LogP contribution is -2.06. The van der Waals surface area contributed by atoms with Crippen molar-refractivity contribution in [1.82, 2.24) is 0 Å². The molecule has 0 spiro atoms. The zero-order chi connectivity index (χ0) is 9.42. The van der Waals surface area contributed by atoms with Crippen molar-refractivity contribution >= 4 is 0 Å². The molecule has 3 heteroatoms. The van der Waals surface area contributed by atoms with E-state index < -0.39 is 0 Å². The van der Waals surface area contributed by atoms with Crippen molar-refractivity contribution in [2.45, 2.75) is 19.9 Å². The van der Waals surface area contributed by atoms with Gasteiger partial charge in [0.25, 0.3) is 0 Å². The fraction of sp³-hybridized carbons (Fsp3) is 0.400. The molecule has 0 aromatic heterocycles. The highest BCUT2D eigenvalue weighted by Crippen LogP contribution is 2.38. The molecule has 0 saturated carbocycles. The van der Waals surface area contributed by atoms with Crippen molar-refractivity contribution in [3.05, 3.63) is 23.3 Å². The number of nitrogens with two attached hydrogens (primary N) is 1. The van der Waals surface area contributed by atoms with E-state index in [-0.39, 0.29) is 6.04 Å². The number of hydrogen-bond donors (Lipinski definition) is 1. The van der Waals surface area contributed by atoms with E-state index in [0.717, 1.165) is 22.6 Å². The molecule has 0 bridgehead atoms. The van der Waals surface area contributed by atoms with Gasteiger partial charge in [0.2, 0.25) is 6.79 Å². The zero-order valence-electron chi connectivity index (χ0n) is 7.83. The Kier molecular flexibility index (Phi) is 1.88. The number of benzene rings is 1. The summed E-state index contributed by atoms with van der Waals surface area (Å²) in [4.78, 5) is 0. The van der Waals surface area contributed by atoms with Crippen molar-refractivity contribution in [2.75, 3.05) is 6.79 Å². The predicted octanol–water partition coefficient (Wildman–Crippen LogP) is 1.74. The highest BCUT2D eigenvalue weighted by atomic mass is 16.7. The van der Waals surface area contributed by atoms with Crippen LogP contribution in [0, 0.1) is 6.92 Å². The molecular weight excluding hydrogens is 166 g/mol. The summed E-state index contributed by atoms with van der Waals surface area (Å²) in [6, 6.07) is 3.94. The van der Waals surface area contributed by atoms with Crippen molar-refractivity contribution in [3.63, 3.8) is 0 Å². The van der Waals surface area contributed by atoms with Gasteiger partial charge < -0.3 is 15.2 Å². The van der Waals surface area contributed by atoms with E-state index >= 15 is 0 Å². The van der Waals surface area contributed by atoms with Crippen LogP contribution in [0.5, 0.6) is 11.5 Å². The first kappa shape index (κ1) is 8.38. The second-order valence-electron chi connectivity index (χ2n) is 3.30. The largest absolute Gasteiger partial charge is 0.454 e. The first-order valence-electron chi connectivity index (χ1n) is 4.35. The molecule has 1 aromatic carbocycles. The van der Waals surface area contributed by atoms with E-state index in [9.17, 15) is 0 Å². The Morgan fingerprint density at radius 1 is 1.38 bits per heavy atom. The Balaban J connectivity index is 2.52. The van der Waals surface area contributed by atoms with Crippen LogP contribution >= 0.6 is 0 Å². The minimum absolute atomic E-state index is 0.0366. The molecule has 1 heterocycles. The average Bonchev–Trinajstić information content (AvgIpc) is 2.52. The fourth-order valence-electron chi connectivity index (χ4n) is 1.62. The minimum Gasteiger partial charge on any atom is -0.454 e. The number of ether oxygens (including phenoxy) is 2. The molecule has 13 heavy (non-hydrogen) atoms. The number of rotatable bonds is 1. The van der Waals surface area contributed by atoms with E-state index in [4.69, 9.17) is 15.2 Å². The standard InChI is InChI=1S/C10H13NO2/c1-6-8(7(2)11)3-4-9-10(6)13-5-12-9/h3-4,7H,5,11H2,1-2H3. The van der Waals surface area contributed by atoms with Gasteiger partial charge in [-0.15, -0.1) is 0 Å². The lowest BCUT2D eigenvalue weighted by molar-refractivity contribution is 0.173. The Morgan fingerprint density at radius 3 is 2.85 bits per heavy atom. The van der Waals surface area contributed by atoms with Crippen LogP contribution in [0.3, 0.4) is 0 Å². The molecule has 2 rings (SSSR count). The van der Waals surface area contributed by atoms with E-state index in [2.05, 4.69) is 0 Å². The van der Waals surface area contributed by atoms with Crippen LogP contribution in [0.1, 0.15) is 24.1 Å². The summed E-state index contributed by atoms with van der Waals surface area (Å²) in [5, 5.41) is 0. The normalized spacial score (nSPS) is 15.9. The summed E-state index contributed by atoms with van der Waals surface area (Å²) in [6.45, 7) is 4.29. The SMILES string of the molecule is Cc1c(C(C)N)ccc2c1OCO2. The zero-order valence-corrected chi connectivity index (χ0v) is 7.83. The summed E-state index contributed by atoms with van der Waals surface area (Å²) in [6.07, 6.45) is 0. The highest BCUT2D eigenvalue weighted by molar-refractivity contribution is 5.52. The third kappa shape index (κ3) is 1.25. The van der Waals surface area contributed by atoms with E-state index in [1.54, 1.807) is 0 Å². The molecule has 0 amide bonds. The maximum atomic E-state index is 5.81. The molecule has 1 aliphatic heterocycles. The lowest BCUT2D eigenvalue weighted by Gasteiger charge is -2.11. The minimum atomic E-state index is 0.0366. The second-order valence-corrected chi connectivity index (χ2v) is 3.30. The number of fused-ring (bicyclic) bond motifs is 1. The van der Waals surface area contributed by atoms with Gasteiger partial charge in [0, 0.05) is 6.04 Å². The van der Waals surface area contributed by atoms with Crippen LogP contribution in [-0.4, -0.2) is 6.79 Å². The molecule has 1 aliphatic rings. The van der Waals surface area contributed by atoms with E-state index in [1.807, 2.05) is 26.0 Å². The van der Waals surface area contributed by atoms with Crippen LogP contribution in [-0.2, 0) is 0 Å². The van der Waals surface area contributed by atoms with Crippen LogP contribution in [0.4, 0.5) is 0 Å². The molecule has 0 radical (unpaired) electrons. The summed E-state index contributed by atoms with van der Waals surface area (Å²) in [5.41, 5.74) is 8.02. The van der Waals surface area contributed by atoms with Crippen LogP contribution in [0.2, 0.25) is 0 Å². The molecule has 1 aromatic rings. The molecule has 0 fully saturated rings. The first-order valence-corrected chi connectivity index (χ1v) is 4.35. The van der Waals surface area contributed by atoms with Crippen molar-refractivity contribution in [3.8, 4) is 11.5 Å². The van der Waals surface area contributed by atoms with E-state index in [0.29, 0.717) is 6.79 Å². The van der Waals surface area contributed by atoms with Crippen molar-refractivity contribution in [2.24, 2.45) is 5.73 Å². The molecule has 1 unspecified atom stereocenters. The van der Waals surface area contributed by atoms with Gasteiger partial charge in [-0.25, -0.2) is 0 Å².